The van der Waals surface area contributed by atoms with Gasteiger partial charge in [-0.2, -0.15) is 8.42 Å². The fourth-order valence-corrected chi connectivity index (χ4v) is 3.00. The summed E-state index contributed by atoms with van der Waals surface area (Å²) in [6.07, 6.45) is 0. The number of nitrogens with zero attached hydrogens (tertiary/aromatic N) is 2. The summed E-state index contributed by atoms with van der Waals surface area (Å²) in [7, 11) is 1.31. The van der Waals surface area contributed by atoms with Crippen LogP contribution in [0, 0.1) is 0 Å². The van der Waals surface area contributed by atoms with Crippen LogP contribution in [-0.4, -0.2) is 121 Å². The Hall–Kier alpha value is -0.820. The third-order valence-corrected chi connectivity index (χ3v) is 3.64. The van der Waals surface area contributed by atoms with Gasteiger partial charge in [-0.1, -0.05) is 0 Å². The largest absolute Gasteiger partial charge is 0.477 e. The van der Waals surface area contributed by atoms with Crippen molar-refractivity contribution >= 4 is 16.1 Å². The molecule has 0 spiro atoms. The molecule has 0 saturated carbocycles. The molecule has 0 atom stereocenters. The van der Waals surface area contributed by atoms with E-state index in [1.54, 1.807) is 0 Å². The van der Waals surface area contributed by atoms with Crippen LogP contribution < -0.4 is 0 Å². The number of aliphatic hydroxyl groups excluding tert-OH is 3. The van der Waals surface area contributed by atoms with Gasteiger partial charge in [-0.05, 0) is 0 Å². The van der Waals surface area contributed by atoms with Gasteiger partial charge in [0.25, 0.3) is 0 Å². The van der Waals surface area contributed by atoms with Gasteiger partial charge in [-0.15, -0.1) is 0 Å². The Bertz CT molecular complexity index is 416. The maximum Gasteiger partial charge on any atom is 0.359 e. The Morgan fingerprint density at radius 3 is 1.39 bits per heavy atom. The molecule has 140 valence electrons. The van der Waals surface area contributed by atoms with Gasteiger partial charge in [0, 0.05) is 0 Å². The second kappa shape index (κ2) is 10.9. The zero-order chi connectivity index (χ0) is 18.7. The van der Waals surface area contributed by atoms with Crippen molar-refractivity contribution in [1.82, 2.24) is 0 Å². The molecule has 0 aliphatic rings. The Kier molecular flexibility index (Phi) is 11.5. The lowest BCUT2D eigenvalue weighted by Gasteiger charge is -2.35. The van der Waals surface area contributed by atoms with Crippen LogP contribution in [-0.2, 0) is 14.9 Å². The summed E-state index contributed by atoms with van der Waals surface area (Å²) in [6.45, 7) is -0.497. The first kappa shape index (κ1) is 24.4. The van der Waals surface area contributed by atoms with Crippen molar-refractivity contribution in [1.29, 1.82) is 0 Å². The second-order valence-corrected chi connectivity index (χ2v) is 7.66. The molecule has 0 fully saturated rings. The molecule has 0 saturated heterocycles. The Labute approximate surface area is 137 Å². The number of hydrogen-bond acceptors (Lipinski definition) is 6. The standard InChI is InChI=1S/C7H17NO6S.C5H11NO2/c9-4-1-8(2-5-10,3-6-11)7-15(12,13)14;1-6(2,3)4-5(7)8/h9-11H,1-7H2;4H2,1-3H3/p+2. The Morgan fingerprint density at radius 1 is 0.913 bits per heavy atom. The summed E-state index contributed by atoms with van der Waals surface area (Å²) in [5, 5.41) is 34.6. The molecule has 0 radical (unpaired) electrons. The van der Waals surface area contributed by atoms with Crippen molar-refractivity contribution in [2.45, 2.75) is 0 Å². The quantitative estimate of drug-likeness (QED) is 0.210. The van der Waals surface area contributed by atoms with Crippen molar-refractivity contribution in [3.63, 3.8) is 0 Å². The number of carboxylic acid groups (broad SMARTS) is 1. The van der Waals surface area contributed by atoms with Crippen LogP contribution in [0.1, 0.15) is 0 Å². The van der Waals surface area contributed by atoms with Gasteiger partial charge in [0.05, 0.1) is 41.0 Å². The van der Waals surface area contributed by atoms with E-state index in [-0.39, 0.29) is 50.5 Å². The first-order valence-corrected chi connectivity index (χ1v) is 8.57. The Morgan fingerprint density at radius 2 is 1.26 bits per heavy atom. The summed E-state index contributed by atoms with van der Waals surface area (Å²) < 4.78 is 30.5. The van der Waals surface area contributed by atoms with Crippen molar-refractivity contribution in [2.24, 2.45) is 0 Å². The smallest absolute Gasteiger partial charge is 0.359 e. The first-order chi connectivity index (χ1) is 10.3. The SMILES string of the molecule is C[N+](C)(C)CC(=O)O.O=S(=O)(O)C[N+](CCO)(CCO)CCO. The molecule has 0 rings (SSSR count). The molecule has 0 aromatic heterocycles. The third kappa shape index (κ3) is 15.8. The second-order valence-electron chi connectivity index (χ2n) is 6.24. The van der Waals surface area contributed by atoms with E-state index in [9.17, 15) is 13.2 Å². The fourth-order valence-electron chi connectivity index (χ4n) is 1.92. The van der Waals surface area contributed by atoms with Gasteiger partial charge in [0.2, 0.25) is 5.88 Å². The molecule has 0 heterocycles. The molecular formula is C12H30N2O8S+2. The van der Waals surface area contributed by atoms with Crippen LogP contribution in [0.2, 0.25) is 0 Å². The molecule has 5 N–H and O–H groups in total. The number of rotatable bonds is 10. The summed E-state index contributed by atoms with van der Waals surface area (Å²) >= 11 is 0. The van der Waals surface area contributed by atoms with E-state index in [1.807, 2.05) is 21.1 Å². The minimum Gasteiger partial charge on any atom is -0.477 e. The minimum absolute atomic E-state index is 0.0565. The lowest BCUT2D eigenvalue weighted by Crippen LogP contribution is -2.55. The Balaban J connectivity index is 0. The number of carboxylic acids is 1. The van der Waals surface area contributed by atoms with E-state index in [0.29, 0.717) is 4.48 Å². The van der Waals surface area contributed by atoms with E-state index in [2.05, 4.69) is 0 Å². The normalized spacial score (nSPS) is 12.5. The molecule has 10 nitrogen and oxygen atoms in total. The van der Waals surface area contributed by atoms with Crippen LogP contribution in [0.25, 0.3) is 0 Å². The molecule has 0 amide bonds. The fraction of sp³-hybridized carbons (Fsp3) is 0.917. The van der Waals surface area contributed by atoms with Crippen molar-refractivity contribution < 1.29 is 47.2 Å². The predicted molar refractivity (Wildman–Crippen MR) is 83.1 cm³/mol. The average Bonchev–Trinajstić information content (AvgIpc) is 2.24. The van der Waals surface area contributed by atoms with Crippen LogP contribution >= 0.6 is 0 Å². The topological polar surface area (TPSA) is 152 Å². The molecule has 0 bridgehead atoms. The maximum absolute atomic E-state index is 10.8. The van der Waals surface area contributed by atoms with Crippen LogP contribution in [0.5, 0.6) is 0 Å². The van der Waals surface area contributed by atoms with Gasteiger partial charge in [-0.25, -0.2) is 4.79 Å². The summed E-state index contributed by atoms with van der Waals surface area (Å²) in [5.41, 5.74) is 0. The number of quaternary nitrogens is 2. The lowest BCUT2D eigenvalue weighted by atomic mass is 10.4. The maximum atomic E-state index is 10.8. The summed E-state index contributed by atoms with van der Waals surface area (Å²) in [4.78, 5) is 10.00. The predicted octanol–water partition coefficient (Wildman–Crippen LogP) is -2.60. The highest BCUT2D eigenvalue weighted by atomic mass is 32.2. The zero-order valence-electron chi connectivity index (χ0n) is 13.9. The average molecular weight is 362 g/mol. The molecule has 0 aliphatic carbocycles. The van der Waals surface area contributed by atoms with Gasteiger partial charge in [0.15, 0.2) is 6.54 Å². The van der Waals surface area contributed by atoms with E-state index in [4.69, 9.17) is 25.0 Å². The highest BCUT2D eigenvalue weighted by molar-refractivity contribution is 7.85. The van der Waals surface area contributed by atoms with Crippen molar-refractivity contribution in [2.75, 3.05) is 73.0 Å². The monoisotopic (exact) mass is 362 g/mol. The van der Waals surface area contributed by atoms with Crippen LogP contribution in [0.3, 0.4) is 0 Å². The van der Waals surface area contributed by atoms with Gasteiger partial charge >= 0.3 is 16.1 Å². The number of aliphatic hydroxyl groups is 3. The molecule has 11 heteroatoms. The highest BCUT2D eigenvalue weighted by Crippen LogP contribution is 2.08. The van der Waals surface area contributed by atoms with Crippen LogP contribution in [0.4, 0.5) is 0 Å². The van der Waals surface area contributed by atoms with E-state index in [0.717, 1.165) is 0 Å². The summed E-state index contributed by atoms with van der Waals surface area (Å²) in [6, 6.07) is 0. The molecule has 0 unspecified atom stereocenters. The van der Waals surface area contributed by atoms with Crippen molar-refractivity contribution in [3.05, 3.63) is 0 Å². The van der Waals surface area contributed by atoms with Gasteiger partial charge < -0.3 is 29.4 Å². The number of hydrogen-bond donors (Lipinski definition) is 5. The number of likely N-dealkylation sites (N-methyl/N-ethyl adjacent to an activating group) is 1. The van der Waals surface area contributed by atoms with E-state index >= 15 is 0 Å². The van der Waals surface area contributed by atoms with E-state index in [1.165, 1.54) is 0 Å². The van der Waals surface area contributed by atoms with Crippen molar-refractivity contribution in [3.8, 4) is 0 Å². The minimum atomic E-state index is -4.21. The first-order valence-electron chi connectivity index (χ1n) is 6.96. The molecule has 0 aliphatic heterocycles. The van der Waals surface area contributed by atoms with E-state index < -0.39 is 22.0 Å². The summed E-state index contributed by atoms with van der Waals surface area (Å²) in [5.74, 6) is -1.37. The zero-order valence-corrected chi connectivity index (χ0v) is 14.7. The number of aliphatic carboxylic acids is 1. The third-order valence-electron chi connectivity index (χ3n) is 2.77. The molecule has 0 aromatic carbocycles. The number of carbonyl (C=O) groups is 1. The van der Waals surface area contributed by atoms with Crippen LogP contribution in [0.15, 0.2) is 0 Å². The molecule has 0 aromatic rings. The molecule has 23 heavy (non-hydrogen) atoms. The highest BCUT2D eigenvalue weighted by Gasteiger charge is 2.31. The molecular weight excluding hydrogens is 332 g/mol. The lowest BCUT2D eigenvalue weighted by molar-refractivity contribution is -0.918. The van der Waals surface area contributed by atoms with Gasteiger partial charge in [0.1, 0.15) is 19.6 Å². The van der Waals surface area contributed by atoms with Gasteiger partial charge in [-0.3, -0.25) is 4.55 Å².